The predicted molar refractivity (Wildman–Crippen MR) is 123 cm³/mol. The number of aryl methyl sites for hydroxylation is 1. The van der Waals surface area contributed by atoms with Crippen LogP contribution in [0.4, 0.5) is 5.69 Å². The van der Waals surface area contributed by atoms with Crippen molar-refractivity contribution in [3.8, 4) is 22.8 Å². The second kappa shape index (κ2) is 8.56. The lowest BCUT2D eigenvalue weighted by atomic mass is 10.0. The van der Waals surface area contributed by atoms with E-state index in [-0.39, 0.29) is 5.91 Å². The van der Waals surface area contributed by atoms with Gasteiger partial charge in [-0.1, -0.05) is 12.1 Å². The third-order valence-electron chi connectivity index (χ3n) is 5.40. The van der Waals surface area contributed by atoms with Gasteiger partial charge in [-0.05, 0) is 80.4 Å². The van der Waals surface area contributed by atoms with E-state index in [1.165, 1.54) is 0 Å². The molecule has 0 aliphatic carbocycles. The topological polar surface area (TPSA) is 60.7 Å². The quantitative estimate of drug-likeness (QED) is 0.397. The Hall–Kier alpha value is -3.73. The van der Waals surface area contributed by atoms with Crippen LogP contribution in [0.1, 0.15) is 28.4 Å². The predicted octanol–water partition coefficient (Wildman–Crippen LogP) is 6.38. The molecule has 1 aromatic heterocycles. The number of hydrogen-bond donors (Lipinski definition) is 1. The summed E-state index contributed by atoms with van der Waals surface area (Å²) in [7, 11) is 1.62. The van der Waals surface area contributed by atoms with Crippen LogP contribution in [0, 0.1) is 13.8 Å². The maximum absolute atomic E-state index is 13.5. The highest BCUT2D eigenvalue weighted by Gasteiger charge is 2.23. The Labute approximate surface area is 181 Å². The number of anilines is 1. The number of carbonyl (C=O) groups is 1. The van der Waals surface area contributed by atoms with E-state index in [9.17, 15) is 4.79 Å². The van der Waals surface area contributed by atoms with E-state index < -0.39 is 0 Å². The molecule has 158 valence electrons. The lowest BCUT2D eigenvalue weighted by Crippen LogP contribution is -2.13. The van der Waals surface area contributed by atoms with Crippen molar-refractivity contribution in [3.63, 3.8) is 0 Å². The molecule has 4 rings (SSSR count). The van der Waals surface area contributed by atoms with Crippen LogP contribution in [0.15, 0.2) is 65.1 Å². The van der Waals surface area contributed by atoms with Crippen LogP contribution in [0.2, 0.25) is 0 Å². The summed E-state index contributed by atoms with van der Waals surface area (Å²) in [5.41, 5.74) is 4.82. The Bertz CT molecular complexity index is 1240. The molecule has 0 aliphatic heterocycles. The fraction of sp³-hybridized carbons (Fsp3) is 0.192. The summed E-state index contributed by atoms with van der Waals surface area (Å²) in [5, 5.41) is 3.77. The van der Waals surface area contributed by atoms with Gasteiger partial charge in [-0.3, -0.25) is 4.79 Å². The van der Waals surface area contributed by atoms with E-state index in [0.717, 1.165) is 28.1 Å². The molecule has 3 aromatic carbocycles. The molecule has 5 heteroatoms. The zero-order valence-corrected chi connectivity index (χ0v) is 18.1. The molecule has 0 bridgehead atoms. The molecule has 4 aromatic rings. The molecule has 31 heavy (non-hydrogen) atoms. The van der Waals surface area contributed by atoms with Crippen molar-refractivity contribution in [2.45, 2.75) is 20.8 Å². The Balaban J connectivity index is 1.85. The average Bonchev–Trinajstić information content (AvgIpc) is 3.16. The number of benzene rings is 3. The zero-order chi connectivity index (χ0) is 22.0. The molecule has 0 radical (unpaired) electrons. The number of methoxy groups -OCH3 is 1. The van der Waals surface area contributed by atoms with E-state index in [4.69, 9.17) is 13.9 Å². The summed E-state index contributed by atoms with van der Waals surface area (Å²) in [5.74, 6) is 1.71. The van der Waals surface area contributed by atoms with Crippen LogP contribution in [-0.2, 0) is 0 Å². The molecule has 0 atom stereocenters. The van der Waals surface area contributed by atoms with Crippen molar-refractivity contribution in [1.82, 2.24) is 0 Å². The molecule has 0 saturated heterocycles. The average molecular weight is 415 g/mol. The fourth-order valence-electron chi connectivity index (χ4n) is 3.58. The number of hydrogen-bond acceptors (Lipinski definition) is 4. The Morgan fingerprint density at radius 1 is 1.00 bits per heavy atom. The maximum Gasteiger partial charge on any atom is 0.260 e. The van der Waals surface area contributed by atoms with Crippen LogP contribution in [-0.4, -0.2) is 19.6 Å². The highest BCUT2D eigenvalue weighted by molar-refractivity contribution is 6.16. The van der Waals surface area contributed by atoms with Gasteiger partial charge >= 0.3 is 0 Å². The molecular weight excluding hydrogens is 390 g/mol. The van der Waals surface area contributed by atoms with Gasteiger partial charge in [0.1, 0.15) is 22.8 Å². The van der Waals surface area contributed by atoms with Crippen molar-refractivity contribution in [2.75, 3.05) is 19.0 Å². The van der Waals surface area contributed by atoms with Gasteiger partial charge < -0.3 is 19.2 Å². The summed E-state index contributed by atoms with van der Waals surface area (Å²) in [6, 6.07) is 18.9. The highest BCUT2D eigenvalue weighted by Crippen LogP contribution is 2.37. The molecule has 0 spiro atoms. The number of nitrogens with one attached hydrogen (secondary N) is 1. The van der Waals surface area contributed by atoms with Gasteiger partial charge in [0.2, 0.25) is 0 Å². The number of fused-ring (bicyclic) bond motifs is 1. The summed E-state index contributed by atoms with van der Waals surface area (Å²) >= 11 is 0. The maximum atomic E-state index is 13.5. The molecule has 0 unspecified atom stereocenters. The molecule has 5 nitrogen and oxygen atoms in total. The number of furan rings is 1. The van der Waals surface area contributed by atoms with Gasteiger partial charge in [0.05, 0.1) is 19.3 Å². The Kier molecular flexibility index (Phi) is 5.67. The third kappa shape index (κ3) is 3.99. The molecule has 0 fully saturated rings. The fourth-order valence-corrected chi connectivity index (χ4v) is 3.58. The van der Waals surface area contributed by atoms with Crippen LogP contribution >= 0.6 is 0 Å². The highest BCUT2D eigenvalue weighted by atomic mass is 16.5. The normalized spacial score (nSPS) is 10.8. The lowest BCUT2D eigenvalue weighted by Gasteiger charge is -2.11. The van der Waals surface area contributed by atoms with Crippen molar-refractivity contribution < 1.29 is 18.7 Å². The zero-order valence-electron chi connectivity index (χ0n) is 18.1. The molecule has 1 heterocycles. The molecule has 1 amide bonds. The number of amides is 1. The third-order valence-corrected chi connectivity index (χ3v) is 5.40. The van der Waals surface area contributed by atoms with Crippen LogP contribution < -0.4 is 14.8 Å². The minimum Gasteiger partial charge on any atom is -0.497 e. The lowest BCUT2D eigenvalue weighted by molar-refractivity contribution is 0.102. The van der Waals surface area contributed by atoms with E-state index in [1.807, 2.05) is 81.4 Å². The first-order valence-electron chi connectivity index (χ1n) is 10.2. The first kappa shape index (κ1) is 20.5. The van der Waals surface area contributed by atoms with Crippen LogP contribution in [0.25, 0.3) is 22.3 Å². The van der Waals surface area contributed by atoms with Crippen molar-refractivity contribution in [1.29, 1.82) is 0 Å². The minimum atomic E-state index is -0.230. The first-order valence-corrected chi connectivity index (χ1v) is 10.2. The van der Waals surface area contributed by atoms with E-state index in [2.05, 4.69) is 5.32 Å². The Morgan fingerprint density at radius 2 is 1.74 bits per heavy atom. The summed E-state index contributed by atoms with van der Waals surface area (Å²) in [6.45, 7) is 6.49. The first-order chi connectivity index (χ1) is 15.0. The standard InChI is InChI=1S/C26H25NO4/c1-5-30-20-13-14-23-21(15-20)24(25(31-23)18-9-11-19(29-4)12-10-18)26(28)27-22-8-6-7-16(2)17(22)3/h6-15H,5H2,1-4H3,(H,27,28). The van der Waals surface area contributed by atoms with E-state index >= 15 is 0 Å². The second-order valence-corrected chi connectivity index (χ2v) is 7.33. The minimum absolute atomic E-state index is 0.230. The number of ether oxygens (including phenoxy) is 2. The summed E-state index contributed by atoms with van der Waals surface area (Å²) in [6.07, 6.45) is 0. The summed E-state index contributed by atoms with van der Waals surface area (Å²) in [4.78, 5) is 13.5. The second-order valence-electron chi connectivity index (χ2n) is 7.33. The van der Waals surface area contributed by atoms with E-state index in [1.54, 1.807) is 7.11 Å². The van der Waals surface area contributed by atoms with Gasteiger partial charge in [-0.2, -0.15) is 0 Å². The van der Waals surface area contributed by atoms with Crippen molar-refractivity contribution in [2.24, 2.45) is 0 Å². The van der Waals surface area contributed by atoms with Gasteiger partial charge in [0, 0.05) is 16.6 Å². The van der Waals surface area contributed by atoms with Gasteiger partial charge in [-0.15, -0.1) is 0 Å². The van der Waals surface area contributed by atoms with Crippen LogP contribution in [0.3, 0.4) is 0 Å². The summed E-state index contributed by atoms with van der Waals surface area (Å²) < 4.78 is 17.1. The number of rotatable bonds is 6. The number of carbonyl (C=O) groups excluding carboxylic acids is 1. The molecule has 0 aliphatic rings. The molecule has 1 N–H and O–H groups in total. The molecular formula is C26H25NO4. The van der Waals surface area contributed by atoms with Gasteiger partial charge in [0.15, 0.2) is 0 Å². The monoisotopic (exact) mass is 415 g/mol. The molecule has 0 saturated carbocycles. The van der Waals surface area contributed by atoms with Crippen LogP contribution in [0.5, 0.6) is 11.5 Å². The van der Waals surface area contributed by atoms with Gasteiger partial charge in [0.25, 0.3) is 5.91 Å². The SMILES string of the molecule is CCOc1ccc2oc(-c3ccc(OC)cc3)c(C(=O)Nc3cccc(C)c3C)c2c1. The smallest absolute Gasteiger partial charge is 0.260 e. The largest absolute Gasteiger partial charge is 0.497 e. The van der Waals surface area contributed by atoms with Gasteiger partial charge in [-0.25, -0.2) is 0 Å². The van der Waals surface area contributed by atoms with E-state index in [0.29, 0.717) is 34.6 Å². The van der Waals surface area contributed by atoms with Crippen molar-refractivity contribution in [3.05, 3.63) is 77.4 Å². The Morgan fingerprint density at radius 3 is 2.45 bits per heavy atom. The van der Waals surface area contributed by atoms with Crippen molar-refractivity contribution >= 4 is 22.6 Å².